The van der Waals surface area contributed by atoms with E-state index in [1.165, 1.54) is 40.7 Å². The summed E-state index contributed by atoms with van der Waals surface area (Å²) >= 11 is 6.54. The number of piperidine rings is 3. The predicted molar refractivity (Wildman–Crippen MR) is 229 cm³/mol. The number of hydrogen-bond donors (Lipinski definition) is 3. The van der Waals surface area contributed by atoms with E-state index >= 15 is 22.0 Å². The Morgan fingerprint density at radius 3 is 2.41 bits per heavy atom. The average molecular weight is 909 g/mol. The lowest BCUT2D eigenvalue weighted by molar-refractivity contribution is -0.134. The highest BCUT2D eigenvalue weighted by Crippen LogP contribution is 2.46. The van der Waals surface area contributed by atoms with E-state index in [9.17, 15) is 14.4 Å². The number of nitrogens with one attached hydrogen (secondary N) is 3. The first kappa shape index (κ1) is 42.4. The summed E-state index contributed by atoms with van der Waals surface area (Å²) in [5.41, 5.74) is 0.0412. The molecule has 2 aromatic carbocycles. The highest BCUT2D eigenvalue weighted by Gasteiger charge is 2.51. The maximum absolute atomic E-state index is 16.2. The van der Waals surface area contributed by atoms with Crippen LogP contribution in [0, 0.1) is 29.3 Å². The van der Waals surface area contributed by atoms with Gasteiger partial charge in [0.1, 0.15) is 22.2 Å². The molecule has 64 heavy (non-hydrogen) atoms. The van der Waals surface area contributed by atoms with Gasteiger partial charge in [0, 0.05) is 62.6 Å². The molecule has 0 spiro atoms. The molecule has 4 fully saturated rings. The number of aromatic nitrogens is 5. The summed E-state index contributed by atoms with van der Waals surface area (Å²) in [6, 6.07) is 2.64. The number of benzene rings is 2. The van der Waals surface area contributed by atoms with Crippen molar-refractivity contribution in [3.63, 3.8) is 0 Å². The number of rotatable bonds is 8. The molecule has 0 bridgehead atoms. The quantitative estimate of drug-likeness (QED) is 0.111. The Morgan fingerprint density at radius 2 is 1.69 bits per heavy atom. The molecular weight excluding hydrogens is 863 g/mol. The molecule has 14 nitrogen and oxygen atoms in total. The second-order valence-corrected chi connectivity index (χ2v) is 18.3. The lowest BCUT2D eigenvalue weighted by atomic mass is 9.86. The molecule has 5 aliphatic rings. The molecule has 3 N–H and O–H groups in total. The van der Waals surface area contributed by atoms with Crippen molar-refractivity contribution in [1.29, 1.82) is 0 Å². The van der Waals surface area contributed by atoms with E-state index in [0.29, 0.717) is 69.1 Å². The van der Waals surface area contributed by atoms with Crippen molar-refractivity contribution in [3.05, 3.63) is 68.5 Å². The fourth-order valence-corrected chi connectivity index (χ4v) is 10.3. The molecule has 10 rings (SSSR count). The normalized spacial score (nSPS) is 22.3. The number of halogens is 6. The van der Waals surface area contributed by atoms with Crippen molar-refractivity contribution in [1.82, 2.24) is 34.5 Å². The van der Waals surface area contributed by atoms with E-state index in [2.05, 4.69) is 35.9 Å². The van der Waals surface area contributed by atoms with Gasteiger partial charge in [-0.1, -0.05) is 11.6 Å². The molecule has 2 atom stereocenters. The Kier molecular flexibility index (Phi) is 10.7. The highest BCUT2D eigenvalue weighted by molar-refractivity contribution is 6.33. The van der Waals surface area contributed by atoms with Crippen molar-refractivity contribution >= 4 is 68.4 Å². The van der Waals surface area contributed by atoms with Gasteiger partial charge in [0.05, 0.1) is 40.7 Å². The first-order valence-electron chi connectivity index (χ1n) is 21.7. The molecule has 3 saturated heterocycles. The number of likely N-dealkylation sites (tertiary alicyclic amines) is 1. The third-order valence-electron chi connectivity index (χ3n) is 13.7. The minimum atomic E-state index is -3.23. The van der Waals surface area contributed by atoms with Gasteiger partial charge < -0.3 is 29.7 Å². The van der Waals surface area contributed by atoms with Crippen LogP contribution in [0.2, 0.25) is 5.02 Å². The zero-order valence-electron chi connectivity index (χ0n) is 35.1. The molecule has 0 radical (unpaired) electrons. The molecule has 2 amide bonds. The number of fused-ring (bicyclic) bond motifs is 4. The van der Waals surface area contributed by atoms with Gasteiger partial charge in [-0.2, -0.15) is 10.1 Å². The minimum absolute atomic E-state index is 0.0370. The summed E-state index contributed by atoms with van der Waals surface area (Å²) in [4.78, 5) is 51.0. The van der Waals surface area contributed by atoms with E-state index in [1.807, 2.05) is 4.90 Å². The number of hydrogen-bond acceptors (Lipinski definition) is 11. The molecule has 1 aliphatic carbocycles. The number of carbonyl (C=O) groups excluding carboxylic acids is 2. The summed E-state index contributed by atoms with van der Waals surface area (Å²) in [7, 11) is 3.01. The molecule has 1 saturated carbocycles. The molecule has 338 valence electrons. The number of alkyl halides is 2. The number of nitrogens with zero attached hydrogens (tertiary/aromatic N) is 7. The fraction of sp³-hybridized carbons (Fsp3) is 0.500. The number of ether oxygens (including phenoxy) is 1. The van der Waals surface area contributed by atoms with Crippen LogP contribution in [0.15, 0.2) is 29.2 Å². The molecule has 1 unspecified atom stereocenters. The van der Waals surface area contributed by atoms with Crippen LogP contribution in [0.5, 0.6) is 5.75 Å². The number of anilines is 4. The topological polar surface area (TPSA) is 152 Å². The molecule has 5 aromatic rings. The Morgan fingerprint density at radius 1 is 0.938 bits per heavy atom. The van der Waals surface area contributed by atoms with Crippen LogP contribution < -0.4 is 31.1 Å². The van der Waals surface area contributed by atoms with Crippen LogP contribution in [-0.4, -0.2) is 92.3 Å². The summed E-state index contributed by atoms with van der Waals surface area (Å²) in [5, 5.41) is 13.3. The summed E-state index contributed by atoms with van der Waals surface area (Å²) in [6.45, 7) is 2.51. The van der Waals surface area contributed by atoms with Crippen LogP contribution in [-0.2, 0) is 23.7 Å². The maximum Gasteiger partial charge on any atom is 0.301 e. The lowest BCUT2D eigenvalue weighted by Crippen LogP contribution is -2.44. The van der Waals surface area contributed by atoms with Crippen LogP contribution in [0.4, 0.5) is 45.1 Å². The van der Waals surface area contributed by atoms with Crippen LogP contribution in [0.1, 0.15) is 74.5 Å². The van der Waals surface area contributed by atoms with Gasteiger partial charge >= 0.3 is 5.92 Å². The van der Waals surface area contributed by atoms with Gasteiger partial charge in [0.2, 0.25) is 23.5 Å². The van der Waals surface area contributed by atoms with Crippen molar-refractivity contribution in [3.8, 4) is 5.75 Å². The Labute approximate surface area is 368 Å². The van der Waals surface area contributed by atoms with Gasteiger partial charge in [0.15, 0.2) is 18.2 Å². The number of carbonyl (C=O) groups is 2. The average Bonchev–Trinajstić information content (AvgIpc) is 4.06. The van der Waals surface area contributed by atoms with E-state index < -0.39 is 53.4 Å². The highest BCUT2D eigenvalue weighted by atomic mass is 35.5. The first-order chi connectivity index (χ1) is 30.6. The second-order valence-electron chi connectivity index (χ2n) is 17.9. The van der Waals surface area contributed by atoms with Gasteiger partial charge in [-0.25, -0.2) is 26.9 Å². The first-order valence-corrected chi connectivity index (χ1v) is 22.1. The van der Waals surface area contributed by atoms with Crippen LogP contribution in [0.25, 0.3) is 21.8 Å². The summed E-state index contributed by atoms with van der Waals surface area (Å²) in [5.74, 6) is -6.89. The molecule has 20 heteroatoms. The van der Waals surface area contributed by atoms with Crippen molar-refractivity contribution in [2.75, 3.05) is 54.9 Å². The zero-order valence-corrected chi connectivity index (χ0v) is 35.9. The van der Waals surface area contributed by atoms with Crippen LogP contribution in [0.3, 0.4) is 0 Å². The van der Waals surface area contributed by atoms with Gasteiger partial charge in [-0.05, 0) is 87.9 Å². The summed E-state index contributed by atoms with van der Waals surface area (Å²) < 4.78 is 86.0. The number of imide groups is 1. The molecule has 4 aliphatic heterocycles. The largest absolute Gasteiger partial charge is 0.480 e. The SMILES string of the molecule is Cn1nc(C2CCC(=O)NC2=O)c2cc(F)c(C3CCN(CC4CCN(c5ncc(Cl)c(Nc6cc7c8c(c(=O)n(C)c7cc6F)OCC(F)(F)[C@H](C6CC6)N8)n5)CC4)CC3)c(F)c21. The van der Waals surface area contributed by atoms with Crippen molar-refractivity contribution in [2.24, 2.45) is 25.9 Å². The van der Waals surface area contributed by atoms with E-state index in [0.717, 1.165) is 19.4 Å². The van der Waals surface area contributed by atoms with Crippen LogP contribution >= 0.6 is 11.6 Å². The van der Waals surface area contributed by atoms with Crippen molar-refractivity contribution < 1.29 is 36.3 Å². The predicted octanol–water partition coefficient (Wildman–Crippen LogP) is 6.86. The Balaban J connectivity index is 0.787. The minimum Gasteiger partial charge on any atom is -0.480 e. The Hall–Kier alpha value is -5.56. The standard InChI is InChI=1S/C44H46ClF5N10O4/c1-57-31-17-28(46)30(16-25(31)36-38(42(57)63)64-20-44(49,50)39(54-36)23-3-4-23)52-40-27(45)18-51-43(55-40)60-13-7-21(8-14-60)19-59-11-9-22(10-12-59)33-29(47)15-26-35(56-58(2)37(26)34(33)48)24-5-6-32(61)53-41(24)62/h15-18,21-24,39,54H,3-14,19-20H2,1-2H3,(H,51,52,55)(H,53,61,62)/t24?,39-/m0/s1. The second kappa shape index (κ2) is 16.2. The summed E-state index contributed by atoms with van der Waals surface area (Å²) in [6.07, 6.45) is 5.85. The van der Waals surface area contributed by atoms with E-state index in [1.54, 1.807) is 7.05 Å². The number of aryl methyl sites for hydroxylation is 2. The molecule has 7 heterocycles. The monoisotopic (exact) mass is 908 g/mol. The third kappa shape index (κ3) is 7.56. The van der Waals surface area contributed by atoms with Gasteiger partial charge in [-0.3, -0.25) is 24.4 Å². The molecule has 3 aromatic heterocycles. The zero-order chi connectivity index (χ0) is 44.8. The fourth-order valence-electron chi connectivity index (χ4n) is 10.1. The number of amides is 2. The number of pyridine rings is 1. The van der Waals surface area contributed by atoms with Gasteiger partial charge in [0.25, 0.3) is 5.56 Å². The van der Waals surface area contributed by atoms with E-state index in [4.69, 9.17) is 16.3 Å². The van der Waals surface area contributed by atoms with E-state index in [-0.39, 0.29) is 86.2 Å². The molecular formula is C44H46ClF5N10O4. The lowest BCUT2D eigenvalue weighted by Gasteiger charge is -2.38. The maximum atomic E-state index is 16.2. The van der Waals surface area contributed by atoms with Crippen molar-refractivity contribution in [2.45, 2.75) is 75.2 Å². The Bertz CT molecular complexity index is 2780. The van der Waals surface area contributed by atoms with Gasteiger partial charge in [-0.15, -0.1) is 0 Å². The smallest absolute Gasteiger partial charge is 0.301 e. The third-order valence-corrected chi connectivity index (χ3v) is 14.0.